The highest BCUT2D eigenvalue weighted by molar-refractivity contribution is 9.10. The zero-order chi connectivity index (χ0) is 8.10. The molecule has 1 heterocycles. The van der Waals surface area contributed by atoms with Crippen LogP contribution in [0.25, 0.3) is 0 Å². The first kappa shape index (κ1) is 8.64. The van der Waals surface area contributed by atoms with Crippen LogP contribution in [0.5, 0.6) is 0 Å². The lowest BCUT2D eigenvalue weighted by Crippen LogP contribution is -2.03. The molecule has 3 nitrogen and oxygen atoms in total. The summed E-state index contributed by atoms with van der Waals surface area (Å²) >= 11 is 3.32. The van der Waals surface area contributed by atoms with Crippen molar-refractivity contribution >= 4 is 15.9 Å². The first-order chi connectivity index (χ1) is 5.33. The first-order valence-electron chi connectivity index (χ1n) is 3.24. The number of hydrogen-bond acceptors (Lipinski definition) is 3. The topological polar surface area (TPSA) is 48.1 Å². The molecule has 0 aliphatic heterocycles. The van der Waals surface area contributed by atoms with Gasteiger partial charge in [-0.3, -0.25) is 4.98 Å². The minimum Gasteiger partial charge on any atom is -0.304 e. The third kappa shape index (κ3) is 2.96. The Hall–Kier alpha value is -0.450. The smallest absolute Gasteiger partial charge is 0.0720 e. The van der Waals surface area contributed by atoms with Crippen molar-refractivity contribution in [3.8, 4) is 0 Å². The van der Waals surface area contributed by atoms with Crippen LogP contribution >= 0.6 is 15.9 Å². The average Bonchev–Trinajstić information content (AvgIpc) is 2.01. The summed E-state index contributed by atoms with van der Waals surface area (Å²) in [4.78, 5) is 8.44. The van der Waals surface area contributed by atoms with Crippen molar-refractivity contribution in [2.24, 2.45) is 5.90 Å². The van der Waals surface area contributed by atoms with Crippen molar-refractivity contribution in [2.45, 2.75) is 6.42 Å². The monoisotopic (exact) mass is 216 g/mol. The van der Waals surface area contributed by atoms with Gasteiger partial charge in [0.25, 0.3) is 0 Å². The molecule has 0 aromatic carbocycles. The van der Waals surface area contributed by atoms with Gasteiger partial charge in [-0.2, -0.15) is 0 Å². The fourth-order valence-corrected chi connectivity index (χ4v) is 1.18. The summed E-state index contributed by atoms with van der Waals surface area (Å²) in [6.45, 7) is 0.526. The summed E-state index contributed by atoms with van der Waals surface area (Å²) in [5.74, 6) is 4.88. The second kappa shape index (κ2) is 4.43. The fraction of sp³-hybridized carbons (Fsp3) is 0.286. The van der Waals surface area contributed by atoms with Crippen LogP contribution in [0.1, 0.15) is 5.56 Å². The predicted octanol–water partition coefficient (Wildman–Crippen LogP) is 1.28. The van der Waals surface area contributed by atoms with Crippen molar-refractivity contribution in [1.82, 2.24) is 4.98 Å². The third-order valence-corrected chi connectivity index (χ3v) is 1.70. The van der Waals surface area contributed by atoms with Crippen LogP contribution in [-0.2, 0) is 11.3 Å². The summed E-state index contributed by atoms with van der Waals surface area (Å²) < 4.78 is 0.979. The number of nitrogens with zero attached hydrogens (tertiary/aromatic N) is 1. The van der Waals surface area contributed by atoms with Crippen LogP contribution in [0.3, 0.4) is 0 Å². The van der Waals surface area contributed by atoms with Gasteiger partial charge >= 0.3 is 0 Å². The van der Waals surface area contributed by atoms with Gasteiger partial charge in [0.05, 0.1) is 6.61 Å². The molecule has 0 unspecified atom stereocenters. The molecule has 1 aromatic heterocycles. The van der Waals surface area contributed by atoms with E-state index in [1.54, 1.807) is 12.4 Å². The van der Waals surface area contributed by atoms with Gasteiger partial charge in [0, 0.05) is 16.9 Å². The number of pyridine rings is 1. The van der Waals surface area contributed by atoms with E-state index in [2.05, 4.69) is 25.8 Å². The maximum atomic E-state index is 4.88. The van der Waals surface area contributed by atoms with E-state index in [1.807, 2.05) is 6.07 Å². The van der Waals surface area contributed by atoms with Gasteiger partial charge in [-0.05, 0) is 34.0 Å². The van der Waals surface area contributed by atoms with E-state index in [9.17, 15) is 0 Å². The Morgan fingerprint density at radius 1 is 1.55 bits per heavy atom. The van der Waals surface area contributed by atoms with Crippen molar-refractivity contribution in [1.29, 1.82) is 0 Å². The highest BCUT2D eigenvalue weighted by Gasteiger charge is 1.93. The normalized spacial score (nSPS) is 10.0. The lowest BCUT2D eigenvalue weighted by atomic mass is 10.2. The molecule has 0 aliphatic rings. The highest BCUT2D eigenvalue weighted by atomic mass is 79.9. The first-order valence-corrected chi connectivity index (χ1v) is 4.03. The van der Waals surface area contributed by atoms with Crippen LogP contribution in [0.15, 0.2) is 22.9 Å². The van der Waals surface area contributed by atoms with Crippen LogP contribution in [0, 0.1) is 0 Å². The molecule has 0 saturated carbocycles. The number of halogens is 1. The Morgan fingerprint density at radius 3 is 3.00 bits per heavy atom. The Bertz CT molecular complexity index is 229. The van der Waals surface area contributed by atoms with Crippen LogP contribution in [0.4, 0.5) is 0 Å². The molecular weight excluding hydrogens is 208 g/mol. The molecule has 1 aromatic rings. The summed E-state index contributed by atoms with van der Waals surface area (Å²) in [6.07, 6.45) is 4.33. The minimum absolute atomic E-state index is 0.526. The number of nitrogens with two attached hydrogens (primary N) is 1. The summed E-state index contributed by atoms with van der Waals surface area (Å²) in [5.41, 5.74) is 1.12. The lowest BCUT2D eigenvalue weighted by molar-refractivity contribution is 0.141. The van der Waals surface area contributed by atoms with E-state index >= 15 is 0 Å². The average molecular weight is 217 g/mol. The quantitative estimate of drug-likeness (QED) is 0.775. The predicted molar refractivity (Wildman–Crippen MR) is 45.8 cm³/mol. The minimum atomic E-state index is 0.526. The van der Waals surface area contributed by atoms with E-state index < -0.39 is 0 Å². The number of aromatic nitrogens is 1. The molecule has 0 aliphatic carbocycles. The molecule has 0 atom stereocenters. The van der Waals surface area contributed by atoms with Crippen LogP contribution < -0.4 is 5.90 Å². The van der Waals surface area contributed by atoms with E-state index in [1.165, 1.54) is 0 Å². The molecule has 60 valence electrons. The maximum Gasteiger partial charge on any atom is 0.0720 e. The van der Waals surface area contributed by atoms with Crippen molar-refractivity contribution in [2.75, 3.05) is 6.61 Å². The highest BCUT2D eigenvalue weighted by Crippen LogP contribution is 2.09. The molecule has 0 saturated heterocycles. The Kier molecular flexibility index (Phi) is 3.48. The zero-order valence-electron chi connectivity index (χ0n) is 5.96. The summed E-state index contributed by atoms with van der Waals surface area (Å²) in [6, 6.07) is 1.99. The Balaban J connectivity index is 2.56. The molecule has 0 fully saturated rings. The summed E-state index contributed by atoms with van der Waals surface area (Å²) in [5, 5.41) is 0. The molecule has 4 heteroatoms. The van der Waals surface area contributed by atoms with E-state index in [4.69, 9.17) is 5.90 Å². The lowest BCUT2D eigenvalue weighted by Gasteiger charge is -1.98. The van der Waals surface area contributed by atoms with Gasteiger partial charge in [0.2, 0.25) is 0 Å². The van der Waals surface area contributed by atoms with E-state index in [0.29, 0.717) is 6.61 Å². The standard InChI is InChI=1S/C7H9BrN2O/c8-7-3-6(1-2-11-9)4-10-5-7/h3-5H,1-2,9H2. The molecule has 11 heavy (non-hydrogen) atoms. The molecule has 0 amide bonds. The van der Waals surface area contributed by atoms with E-state index in [0.717, 1.165) is 16.5 Å². The van der Waals surface area contributed by atoms with Gasteiger partial charge in [-0.1, -0.05) is 0 Å². The van der Waals surface area contributed by atoms with Gasteiger partial charge in [0.15, 0.2) is 0 Å². The van der Waals surface area contributed by atoms with Gasteiger partial charge in [-0.25, -0.2) is 5.90 Å². The molecule has 1 rings (SSSR count). The van der Waals surface area contributed by atoms with Crippen molar-refractivity contribution < 1.29 is 4.84 Å². The Labute approximate surface area is 73.7 Å². The van der Waals surface area contributed by atoms with Gasteiger partial charge < -0.3 is 4.84 Å². The molecular formula is C7H9BrN2O. The Morgan fingerprint density at radius 2 is 2.36 bits per heavy atom. The maximum absolute atomic E-state index is 4.88. The zero-order valence-corrected chi connectivity index (χ0v) is 7.54. The fourth-order valence-electron chi connectivity index (χ4n) is 0.769. The van der Waals surface area contributed by atoms with Crippen LogP contribution in [0.2, 0.25) is 0 Å². The van der Waals surface area contributed by atoms with Gasteiger partial charge in [-0.15, -0.1) is 0 Å². The second-order valence-corrected chi connectivity index (χ2v) is 3.05. The van der Waals surface area contributed by atoms with Gasteiger partial charge in [0.1, 0.15) is 0 Å². The molecule has 0 spiro atoms. The molecule has 0 bridgehead atoms. The summed E-state index contributed by atoms with van der Waals surface area (Å²) in [7, 11) is 0. The van der Waals surface area contributed by atoms with E-state index in [-0.39, 0.29) is 0 Å². The van der Waals surface area contributed by atoms with Crippen molar-refractivity contribution in [3.63, 3.8) is 0 Å². The molecule has 0 radical (unpaired) electrons. The third-order valence-electron chi connectivity index (χ3n) is 1.27. The largest absolute Gasteiger partial charge is 0.304 e. The second-order valence-electron chi connectivity index (χ2n) is 2.13. The molecule has 2 N–H and O–H groups in total. The number of hydrogen-bond donors (Lipinski definition) is 1. The van der Waals surface area contributed by atoms with Crippen LogP contribution in [-0.4, -0.2) is 11.6 Å². The SMILES string of the molecule is NOCCc1cncc(Br)c1. The number of rotatable bonds is 3. The van der Waals surface area contributed by atoms with Crippen molar-refractivity contribution in [3.05, 3.63) is 28.5 Å².